The third kappa shape index (κ3) is 4.38. The molecule has 0 radical (unpaired) electrons. The molecule has 3 N–H and O–H groups in total. The maximum absolute atomic E-state index is 11.6. The summed E-state index contributed by atoms with van der Waals surface area (Å²) < 4.78 is 0. The number of benzene rings is 1. The summed E-state index contributed by atoms with van der Waals surface area (Å²) in [6, 6.07) is 6.63. The van der Waals surface area contributed by atoms with Crippen molar-refractivity contribution in [2.24, 2.45) is 10.7 Å². The summed E-state index contributed by atoms with van der Waals surface area (Å²) in [6.07, 6.45) is 1.17. The fourth-order valence-corrected chi connectivity index (χ4v) is 2.03. The zero-order valence-corrected chi connectivity index (χ0v) is 12.6. The maximum Gasteiger partial charge on any atom is 0.286 e. The van der Waals surface area contributed by atoms with Crippen LogP contribution in [0.4, 0.5) is 5.69 Å². The third-order valence-corrected chi connectivity index (χ3v) is 3.08. The number of hydrogen-bond donors (Lipinski definition) is 2. The molecule has 1 aromatic carbocycles. The molecule has 0 spiro atoms. The molecule has 0 atom stereocenters. The van der Waals surface area contributed by atoms with Gasteiger partial charge < -0.3 is 28.0 Å². The Balaban J connectivity index is 0.00000180. The predicted molar refractivity (Wildman–Crippen MR) is 72.4 cm³/mol. The standard InChI is InChI=1S/C11H8ClN3O2S.BrH/c12-6-1-3-7(4-2-6)14-9(16)5-8-10(17)15-11(13)18-8;/h1-5H,(H,14,16)(H2,13,15,17);1H/p-1/b8-5+;. The maximum atomic E-state index is 11.6. The summed E-state index contributed by atoms with van der Waals surface area (Å²) >= 11 is 6.69. The van der Waals surface area contributed by atoms with E-state index in [2.05, 4.69) is 10.3 Å². The lowest BCUT2D eigenvalue weighted by molar-refractivity contribution is -0.115. The van der Waals surface area contributed by atoms with Crippen LogP contribution in [0.3, 0.4) is 0 Å². The zero-order valence-electron chi connectivity index (χ0n) is 9.39. The highest BCUT2D eigenvalue weighted by molar-refractivity contribution is 8.18. The Morgan fingerprint density at radius 1 is 1.37 bits per heavy atom. The molecule has 5 nitrogen and oxygen atoms in total. The molecule has 100 valence electrons. The van der Waals surface area contributed by atoms with Crippen molar-refractivity contribution in [3.63, 3.8) is 0 Å². The fourth-order valence-electron chi connectivity index (χ4n) is 1.26. The minimum Gasteiger partial charge on any atom is -1.00 e. The second-order valence-corrected chi connectivity index (χ2v) is 4.86. The van der Waals surface area contributed by atoms with Crippen molar-refractivity contribution in [1.82, 2.24) is 0 Å². The van der Waals surface area contributed by atoms with Gasteiger partial charge in [0.05, 0.1) is 4.91 Å². The van der Waals surface area contributed by atoms with Crippen molar-refractivity contribution < 1.29 is 26.6 Å². The van der Waals surface area contributed by atoms with E-state index in [9.17, 15) is 9.59 Å². The molecule has 1 aromatic rings. The lowest BCUT2D eigenvalue weighted by Crippen LogP contribution is -3.00. The highest BCUT2D eigenvalue weighted by Crippen LogP contribution is 2.23. The molecule has 0 fully saturated rings. The number of hydrogen-bond acceptors (Lipinski definition) is 4. The van der Waals surface area contributed by atoms with Gasteiger partial charge in [-0.15, -0.1) is 0 Å². The smallest absolute Gasteiger partial charge is 0.286 e. The molecule has 0 aromatic heterocycles. The van der Waals surface area contributed by atoms with Gasteiger partial charge in [-0.1, -0.05) is 11.6 Å². The Kier molecular flexibility index (Phi) is 5.59. The van der Waals surface area contributed by atoms with E-state index in [0.29, 0.717) is 10.7 Å². The van der Waals surface area contributed by atoms with Gasteiger partial charge in [-0.3, -0.25) is 9.59 Å². The van der Waals surface area contributed by atoms with Gasteiger partial charge in [0.25, 0.3) is 5.91 Å². The molecule has 1 heterocycles. The van der Waals surface area contributed by atoms with Crippen LogP contribution in [0.15, 0.2) is 40.2 Å². The molecule has 0 saturated carbocycles. The summed E-state index contributed by atoms with van der Waals surface area (Å²) in [6.45, 7) is 0. The molecule has 19 heavy (non-hydrogen) atoms. The molecule has 2 amide bonds. The van der Waals surface area contributed by atoms with E-state index in [1.807, 2.05) is 0 Å². The summed E-state index contributed by atoms with van der Waals surface area (Å²) in [5, 5.41) is 3.32. The van der Waals surface area contributed by atoms with Gasteiger partial charge in [0.15, 0.2) is 5.17 Å². The van der Waals surface area contributed by atoms with Crippen LogP contribution in [-0.4, -0.2) is 17.0 Å². The second-order valence-electron chi connectivity index (χ2n) is 3.36. The van der Waals surface area contributed by atoms with E-state index in [1.165, 1.54) is 6.08 Å². The number of amides is 2. The minimum atomic E-state index is -0.497. The first-order valence-electron chi connectivity index (χ1n) is 4.89. The van der Waals surface area contributed by atoms with Crippen LogP contribution in [-0.2, 0) is 9.59 Å². The van der Waals surface area contributed by atoms with Crippen LogP contribution in [0.1, 0.15) is 0 Å². The second kappa shape index (κ2) is 6.74. The monoisotopic (exact) mass is 360 g/mol. The molecule has 8 heteroatoms. The Labute approximate surface area is 129 Å². The summed E-state index contributed by atoms with van der Waals surface area (Å²) in [7, 11) is 0. The molecule has 0 bridgehead atoms. The number of halogens is 2. The van der Waals surface area contributed by atoms with Gasteiger partial charge in [-0.25, -0.2) is 0 Å². The highest BCUT2D eigenvalue weighted by atomic mass is 79.9. The Bertz CT molecular complexity index is 572. The summed E-state index contributed by atoms with van der Waals surface area (Å²) in [4.78, 5) is 26.6. The van der Waals surface area contributed by atoms with Crippen molar-refractivity contribution in [3.8, 4) is 0 Å². The molecule has 0 aliphatic carbocycles. The first-order valence-corrected chi connectivity index (χ1v) is 6.08. The third-order valence-electron chi connectivity index (χ3n) is 2.01. The zero-order chi connectivity index (χ0) is 13.1. The van der Waals surface area contributed by atoms with Crippen molar-refractivity contribution in [2.75, 3.05) is 5.32 Å². The van der Waals surface area contributed by atoms with Crippen molar-refractivity contribution >= 4 is 46.0 Å². The largest absolute Gasteiger partial charge is 1.00 e. The van der Waals surface area contributed by atoms with E-state index in [4.69, 9.17) is 17.3 Å². The van der Waals surface area contributed by atoms with Crippen molar-refractivity contribution in [1.29, 1.82) is 0 Å². The minimum absolute atomic E-state index is 0. The topological polar surface area (TPSA) is 84.5 Å². The van der Waals surface area contributed by atoms with E-state index in [-0.39, 0.29) is 27.1 Å². The lowest BCUT2D eigenvalue weighted by Gasteiger charge is -2.02. The number of anilines is 1. The average Bonchev–Trinajstić information content (AvgIpc) is 2.61. The Morgan fingerprint density at radius 3 is 2.53 bits per heavy atom. The number of carbonyl (C=O) groups is 2. The van der Waals surface area contributed by atoms with E-state index in [1.54, 1.807) is 24.3 Å². The van der Waals surface area contributed by atoms with Gasteiger partial charge >= 0.3 is 0 Å². The Hall–Kier alpha value is -1.31. The number of nitrogens with one attached hydrogen (secondary N) is 1. The van der Waals surface area contributed by atoms with Crippen molar-refractivity contribution in [2.45, 2.75) is 0 Å². The molecule has 0 unspecified atom stereocenters. The number of nitrogens with two attached hydrogens (primary N) is 1. The SMILES string of the molecule is NC1=NC(=O)/C(=C\C(=O)Nc2ccc(Cl)cc2)S1.[Br-]. The van der Waals surface area contributed by atoms with Crippen LogP contribution in [0.2, 0.25) is 5.02 Å². The average molecular weight is 362 g/mol. The van der Waals surface area contributed by atoms with E-state index >= 15 is 0 Å². The van der Waals surface area contributed by atoms with E-state index in [0.717, 1.165) is 11.8 Å². The Morgan fingerprint density at radius 2 is 2.00 bits per heavy atom. The first-order chi connectivity index (χ1) is 8.54. The van der Waals surface area contributed by atoms with Crippen molar-refractivity contribution in [3.05, 3.63) is 40.3 Å². The predicted octanol–water partition coefficient (Wildman–Crippen LogP) is -1.25. The number of nitrogens with zero attached hydrogens (tertiary/aromatic N) is 1. The van der Waals surface area contributed by atoms with Gasteiger partial charge in [-0.05, 0) is 36.0 Å². The molecular formula is C11H8BrClN3O2S-. The number of rotatable bonds is 2. The molecule has 1 aliphatic heterocycles. The first kappa shape index (κ1) is 15.7. The fraction of sp³-hybridized carbons (Fsp3) is 0. The number of aliphatic imine (C=N–C) groups is 1. The van der Waals surface area contributed by atoms with Gasteiger partial charge in [0.2, 0.25) is 5.91 Å². The number of carbonyl (C=O) groups excluding carboxylic acids is 2. The molecular weight excluding hydrogens is 354 g/mol. The number of thioether (sulfide) groups is 1. The van der Waals surface area contributed by atoms with Gasteiger partial charge in [-0.2, -0.15) is 4.99 Å². The van der Waals surface area contributed by atoms with Crippen LogP contribution in [0.5, 0.6) is 0 Å². The van der Waals surface area contributed by atoms with E-state index < -0.39 is 11.8 Å². The van der Waals surface area contributed by atoms with Crippen LogP contribution in [0, 0.1) is 0 Å². The van der Waals surface area contributed by atoms with Gasteiger partial charge in [0, 0.05) is 16.8 Å². The summed E-state index contributed by atoms with van der Waals surface area (Å²) in [5.41, 5.74) is 5.95. The molecule has 2 rings (SSSR count). The number of amidine groups is 1. The highest BCUT2D eigenvalue weighted by Gasteiger charge is 2.20. The summed E-state index contributed by atoms with van der Waals surface area (Å²) in [5.74, 6) is -0.915. The van der Waals surface area contributed by atoms with Gasteiger partial charge in [0.1, 0.15) is 0 Å². The normalized spacial score (nSPS) is 15.9. The van der Waals surface area contributed by atoms with Crippen LogP contribution >= 0.6 is 23.4 Å². The molecule has 0 saturated heterocycles. The quantitative estimate of drug-likeness (QED) is 0.645. The molecule has 1 aliphatic rings. The van der Waals surface area contributed by atoms with Crippen LogP contribution < -0.4 is 28.0 Å². The van der Waals surface area contributed by atoms with Crippen LogP contribution in [0.25, 0.3) is 0 Å². The lowest BCUT2D eigenvalue weighted by atomic mass is 10.3.